The van der Waals surface area contributed by atoms with E-state index in [2.05, 4.69) is 48.4 Å². The van der Waals surface area contributed by atoms with Crippen molar-refractivity contribution in [2.75, 3.05) is 12.4 Å². The zero-order chi connectivity index (χ0) is 14.8. The monoisotopic (exact) mass is 282 g/mol. The number of hydrogen-bond acceptors (Lipinski definition) is 3. The Hall–Kier alpha value is -1.87. The van der Waals surface area contributed by atoms with Crippen molar-refractivity contribution in [3.63, 3.8) is 0 Å². The van der Waals surface area contributed by atoms with Crippen molar-refractivity contribution in [1.82, 2.24) is 4.98 Å². The number of aromatic nitrogens is 1. The van der Waals surface area contributed by atoms with E-state index < -0.39 is 0 Å². The lowest BCUT2D eigenvalue weighted by Crippen LogP contribution is -2.01. The number of benzene rings is 1. The Morgan fingerprint density at radius 1 is 1.33 bits per heavy atom. The average Bonchev–Trinajstić information content (AvgIpc) is 2.92. The SMILES string of the molecule is CCc1ccc(Nc2ccnc3c2CCC3OC)cc1C. The van der Waals surface area contributed by atoms with Gasteiger partial charge in [0.05, 0.1) is 11.8 Å². The van der Waals surface area contributed by atoms with Gasteiger partial charge in [0.1, 0.15) is 0 Å². The first kappa shape index (κ1) is 14.1. The molecule has 0 saturated heterocycles. The molecular formula is C18H22N2O. The molecule has 1 aromatic carbocycles. The largest absolute Gasteiger partial charge is 0.375 e. The quantitative estimate of drug-likeness (QED) is 0.906. The standard InChI is InChI=1S/C18H22N2O/c1-4-13-5-6-14(11-12(13)2)20-16-9-10-19-18-15(16)7-8-17(18)21-3/h5-6,9-11,17H,4,7-8H2,1-3H3,(H,19,20). The molecule has 0 fully saturated rings. The van der Waals surface area contributed by atoms with Gasteiger partial charge in [-0.3, -0.25) is 4.98 Å². The minimum absolute atomic E-state index is 0.144. The van der Waals surface area contributed by atoms with Gasteiger partial charge >= 0.3 is 0 Å². The van der Waals surface area contributed by atoms with Crippen molar-refractivity contribution in [3.05, 3.63) is 52.8 Å². The summed E-state index contributed by atoms with van der Waals surface area (Å²) in [6.07, 6.45) is 5.13. The highest BCUT2D eigenvalue weighted by Gasteiger charge is 2.25. The van der Waals surface area contributed by atoms with Crippen molar-refractivity contribution in [1.29, 1.82) is 0 Å². The molecule has 0 amide bonds. The number of nitrogens with one attached hydrogen (secondary N) is 1. The predicted octanol–water partition coefficient (Wildman–Crippen LogP) is 4.33. The smallest absolute Gasteiger partial charge is 0.0997 e. The van der Waals surface area contributed by atoms with E-state index in [-0.39, 0.29) is 6.10 Å². The van der Waals surface area contributed by atoms with E-state index in [0.717, 1.165) is 36.3 Å². The summed E-state index contributed by atoms with van der Waals surface area (Å²) in [5.74, 6) is 0. The molecule has 1 aliphatic carbocycles. The maximum Gasteiger partial charge on any atom is 0.0997 e. The average molecular weight is 282 g/mol. The first-order chi connectivity index (χ1) is 10.2. The zero-order valence-electron chi connectivity index (χ0n) is 12.9. The molecule has 0 bridgehead atoms. The molecule has 1 heterocycles. The molecule has 3 nitrogen and oxygen atoms in total. The lowest BCUT2D eigenvalue weighted by Gasteiger charge is -2.13. The summed E-state index contributed by atoms with van der Waals surface area (Å²) in [4.78, 5) is 4.49. The Morgan fingerprint density at radius 2 is 2.19 bits per heavy atom. The van der Waals surface area contributed by atoms with Crippen molar-refractivity contribution in [2.45, 2.75) is 39.2 Å². The van der Waals surface area contributed by atoms with Crippen molar-refractivity contribution < 1.29 is 4.74 Å². The van der Waals surface area contributed by atoms with Crippen LogP contribution in [0.3, 0.4) is 0 Å². The van der Waals surface area contributed by atoms with Crippen molar-refractivity contribution >= 4 is 11.4 Å². The third kappa shape index (κ3) is 2.66. The summed E-state index contributed by atoms with van der Waals surface area (Å²) in [7, 11) is 1.76. The van der Waals surface area contributed by atoms with Crippen LogP contribution in [0, 0.1) is 6.92 Å². The molecule has 0 aliphatic heterocycles. The second-order valence-corrected chi connectivity index (χ2v) is 5.61. The minimum atomic E-state index is 0.144. The van der Waals surface area contributed by atoms with Crippen LogP contribution in [0.15, 0.2) is 30.5 Å². The number of hydrogen-bond donors (Lipinski definition) is 1. The Bertz CT molecular complexity index is 652. The van der Waals surface area contributed by atoms with E-state index in [9.17, 15) is 0 Å². The van der Waals surface area contributed by atoms with Gasteiger partial charge in [-0.05, 0) is 61.1 Å². The fourth-order valence-electron chi connectivity index (χ4n) is 3.13. The number of methoxy groups -OCH3 is 1. The first-order valence-electron chi connectivity index (χ1n) is 7.60. The van der Waals surface area contributed by atoms with Gasteiger partial charge in [-0.2, -0.15) is 0 Å². The van der Waals surface area contributed by atoms with Gasteiger partial charge in [0.15, 0.2) is 0 Å². The molecule has 2 aromatic rings. The Balaban J connectivity index is 1.89. The van der Waals surface area contributed by atoms with Gasteiger partial charge < -0.3 is 10.1 Å². The van der Waals surface area contributed by atoms with Gasteiger partial charge in [0.25, 0.3) is 0 Å². The molecule has 3 rings (SSSR count). The zero-order valence-corrected chi connectivity index (χ0v) is 12.9. The maximum absolute atomic E-state index is 5.50. The van der Waals surface area contributed by atoms with Gasteiger partial charge in [0, 0.05) is 24.7 Å². The maximum atomic E-state index is 5.50. The van der Waals surface area contributed by atoms with Gasteiger partial charge in [-0.15, -0.1) is 0 Å². The number of anilines is 2. The summed E-state index contributed by atoms with van der Waals surface area (Å²) in [6.45, 7) is 4.36. The molecular weight excluding hydrogens is 260 g/mol. The van der Waals surface area contributed by atoms with Crippen LogP contribution in [0.1, 0.15) is 41.8 Å². The fourth-order valence-corrected chi connectivity index (χ4v) is 3.13. The van der Waals surface area contributed by atoms with E-state index >= 15 is 0 Å². The number of ether oxygens (including phenoxy) is 1. The summed E-state index contributed by atoms with van der Waals surface area (Å²) < 4.78 is 5.50. The van der Waals surface area contributed by atoms with Crippen LogP contribution >= 0.6 is 0 Å². The van der Waals surface area contributed by atoms with E-state index in [1.54, 1.807) is 7.11 Å². The number of pyridine rings is 1. The second-order valence-electron chi connectivity index (χ2n) is 5.61. The molecule has 110 valence electrons. The summed E-state index contributed by atoms with van der Waals surface area (Å²) in [5, 5.41) is 3.55. The van der Waals surface area contributed by atoms with E-state index in [1.807, 2.05) is 6.20 Å². The van der Waals surface area contributed by atoms with Crippen LogP contribution < -0.4 is 5.32 Å². The molecule has 1 aromatic heterocycles. The van der Waals surface area contributed by atoms with Crippen molar-refractivity contribution in [2.24, 2.45) is 0 Å². The minimum Gasteiger partial charge on any atom is -0.375 e. The Labute approximate surface area is 126 Å². The van der Waals surface area contributed by atoms with Gasteiger partial charge in [-0.1, -0.05) is 13.0 Å². The number of rotatable bonds is 4. The number of nitrogens with zero attached hydrogens (tertiary/aromatic N) is 1. The molecule has 3 heteroatoms. The van der Waals surface area contributed by atoms with Crippen LogP contribution in [0.25, 0.3) is 0 Å². The third-order valence-electron chi connectivity index (χ3n) is 4.34. The highest BCUT2D eigenvalue weighted by molar-refractivity contribution is 5.65. The normalized spacial score (nSPS) is 16.8. The van der Waals surface area contributed by atoms with Crippen LogP contribution in [0.2, 0.25) is 0 Å². The van der Waals surface area contributed by atoms with E-state index in [0.29, 0.717) is 0 Å². The topological polar surface area (TPSA) is 34.2 Å². The Kier molecular flexibility index (Phi) is 3.93. The van der Waals surface area contributed by atoms with Crippen LogP contribution in [0.4, 0.5) is 11.4 Å². The van der Waals surface area contributed by atoms with Crippen molar-refractivity contribution in [3.8, 4) is 0 Å². The molecule has 21 heavy (non-hydrogen) atoms. The highest BCUT2D eigenvalue weighted by atomic mass is 16.5. The van der Waals surface area contributed by atoms with E-state index in [4.69, 9.17) is 4.74 Å². The first-order valence-corrected chi connectivity index (χ1v) is 7.60. The van der Waals surface area contributed by atoms with Crippen LogP contribution in [-0.4, -0.2) is 12.1 Å². The second kappa shape index (κ2) is 5.86. The van der Waals surface area contributed by atoms with Gasteiger partial charge in [0.2, 0.25) is 0 Å². The predicted molar refractivity (Wildman–Crippen MR) is 86.1 cm³/mol. The highest BCUT2D eigenvalue weighted by Crippen LogP contribution is 2.37. The third-order valence-corrected chi connectivity index (χ3v) is 4.34. The summed E-state index contributed by atoms with van der Waals surface area (Å²) in [5.41, 5.74) is 7.41. The fraction of sp³-hybridized carbons (Fsp3) is 0.389. The number of aryl methyl sites for hydroxylation is 2. The van der Waals surface area contributed by atoms with Crippen LogP contribution in [-0.2, 0) is 17.6 Å². The Morgan fingerprint density at radius 3 is 2.90 bits per heavy atom. The molecule has 0 radical (unpaired) electrons. The van der Waals surface area contributed by atoms with Crippen LogP contribution in [0.5, 0.6) is 0 Å². The molecule has 1 N–H and O–H groups in total. The lowest BCUT2D eigenvalue weighted by molar-refractivity contribution is 0.102. The number of fused-ring (bicyclic) bond motifs is 1. The summed E-state index contributed by atoms with van der Waals surface area (Å²) >= 11 is 0. The van der Waals surface area contributed by atoms with Gasteiger partial charge in [-0.25, -0.2) is 0 Å². The molecule has 1 unspecified atom stereocenters. The summed E-state index contributed by atoms with van der Waals surface area (Å²) in [6, 6.07) is 8.63. The molecule has 1 aliphatic rings. The molecule has 0 saturated carbocycles. The lowest BCUT2D eigenvalue weighted by atomic mass is 10.1. The van der Waals surface area contributed by atoms with E-state index in [1.165, 1.54) is 16.7 Å². The molecule has 0 spiro atoms. The molecule has 1 atom stereocenters.